The van der Waals surface area contributed by atoms with Crippen LogP contribution in [0, 0.1) is 13.8 Å². The van der Waals surface area contributed by atoms with Gasteiger partial charge >= 0.3 is 0 Å². The fourth-order valence-electron chi connectivity index (χ4n) is 1.85. The number of benzene rings is 1. The van der Waals surface area contributed by atoms with Crippen molar-refractivity contribution >= 4 is 23.2 Å². The van der Waals surface area contributed by atoms with Crippen molar-refractivity contribution < 1.29 is 9.59 Å². The summed E-state index contributed by atoms with van der Waals surface area (Å²) in [6.07, 6.45) is 2.42. The summed E-state index contributed by atoms with van der Waals surface area (Å²) in [6.45, 7) is 7.78. The van der Waals surface area contributed by atoms with Crippen LogP contribution in [0.25, 0.3) is 0 Å². The van der Waals surface area contributed by atoms with E-state index >= 15 is 0 Å². The van der Waals surface area contributed by atoms with Crippen molar-refractivity contribution in [2.75, 3.05) is 5.32 Å². The summed E-state index contributed by atoms with van der Waals surface area (Å²) in [4.78, 5) is 23.4. The number of nitrogens with one attached hydrogen (secondary N) is 2. The first-order valence-electron chi connectivity index (χ1n) is 7.61. The molecule has 2 amide bonds. The molecule has 5 nitrogen and oxygen atoms in total. The molecule has 0 fully saturated rings. The van der Waals surface area contributed by atoms with Gasteiger partial charge in [-0.25, -0.2) is 5.43 Å². The predicted octanol–water partition coefficient (Wildman–Crippen LogP) is 3.31. The summed E-state index contributed by atoms with van der Waals surface area (Å²) in [7, 11) is 0. The first-order chi connectivity index (χ1) is 10.4. The van der Waals surface area contributed by atoms with Crippen LogP contribution >= 0.6 is 0 Å². The highest BCUT2D eigenvalue weighted by atomic mass is 16.2. The van der Waals surface area contributed by atoms with Crippen LogP contribution < -0.4 is 10.7 Å². The summed E-state index contributed by atoms with van der Waals surface area (Å²) in [5.74, 6) is -0.261. The number of aryl methyl sites for hydroxylation is 2. The predicted molar refractivity (Wildman–Crippen MR) is 89.9 cm³/mol. The topological polar surface area (TPSA) is 70.6 Å². The number of hydrogen-bond donors (Lipinski definition) is 2. The molecule has 0 atom stereocenters. The molecule has 0 bridgehead atoms. The first kappa shape index (κ1) is 17.9. The molecular formula is C17H25N3O2. The average Bonchev–Trinajstić information content (AvgIpc) is 2.46. The molecule has 0 saturated heterocycles. The second-order valence-corrected chi connectivity index (χ2v) is 5.51. The van der Waals surface area contributed by atoms with E-state index in [1.165, 1.54) is 5.56 Å². The molecule has 0 saturated carbocycles. The molecule has 0 spiro atoms. The maximum Gasteiger partial charge on any atom is 0.240 e. The van der Waals surface area contributed by atoms with Crippen LogP contribution in [-0.2, 0) is 9.59 Å². The lowest BCUT2D eigenvalue weighted by Crippen LogP contribution is -2.21. The van der Waals surface area contributed by atoms with Crippen molar-refractivity contribution in [2.45, 2.75) is 53.4 Å². The highest BCUT2D eigenvalue weighted by molar-refractivity contribution is 6.05. The van der Waals surface area contributed by atoms with Gasteiger partial charge in [-0.3, -0.25) is 9.59 Å². The lowest BCUT2D eigenvalue weighted by molar-refractivity contribution is -0.121. The molecule has 0 aliphatic heterocycles. The molecule has 2 N–H and O–H groups in total. The number of amides is 2. The smallest absolute Gasteiger partial charge is 0.240 e. The number of unbranched alkanes of at least 4 members (excludes halogenated alkanes) is 1. The van der Waals surface area contributed by atoms with Gasteiger partial charge in [-0.1, -0.05) is 19.4 Å². The molecule has 1 aromatic carbocycles. The fourth-order valence-corrected chi connectivity index (χ4v) is 1.85. The Bertz CT molecular complexity index is 565. The summed E-state index contributed by atoms with van der Waals surface area (Å²) < 4.78 is 0. The van der Waals surface area contributed by atoms with Gasteiger partial charge in [0.1, 0.15) is 0 Å². The van der Waals surface area contributed by atoms with Crippen LogP contribution in [0.15, 0.2) is 23.3 Å². The summed E-state index contributed by atoms with van der Waals surface area (Å²) in [5.41, 5.74) is 6.14. The summed E-state index contributed by atoms with van der Waals surface area (Å²) in [5, 5.41) is 6.78. The Labute approximate surface area is 132 Å². The summed E-state index contributed by atoms with van der Waals surface area (Å²) >= 11 is 0. The van der Waals surface area contributed by atoms with E-state index in [2.05, 4.69) is 15.8 Å². The van der Waals surface area contributed by atoms with E-state index in [4.69, 9.17) is 0 Å². The maximum absolute atomic E-state index is 11.9. The van der Waals surface area contributed by atoms with Crippen LogP contribution in [0.5, 0.6) is 0 Å². The van der Waals surface area contributed by atoms with Crippen molar-refractivity contribution in [2.24, 2.45) is 5.10 Å². The van der Waals surface area contributed by atoms with Crippen molar-refractivity contribution in [1.82, 2.24) is 5.43 Å². The zero-order valence-corrected chi connectivity index (χ0v) is 13.8. The van der Waals surface area contributed by atoms with E-state index in [1.54, 1.807) is 6.92 Å². The molecule has 1 rings (SSSR count). The van der Waals surface area contributed by atoms with Crippen LogP contribution in [-0.4, -0.2) is 17.5 Å². The van der Waals surface area contributed by atoms with Gasteiger partial charge < -0.3 is 5.32 Å². The minimum Gasteiger partial charge on any atom is -0.326 e. The number of rotatable bonds is 7. The normalized spacial score (nSPS) is 11.2. The van der Waals surface area contributed by atoms with E-state index in [0.29, 0.717) is 12.1 Å². The largest absolute Gasteiger partial charge is 0.326 e. The number of hydrazone groups is 1. The van der Waals surface area contributed by atoms with E-state index in [0.717, 1.165) is 24.1 Å². The third-order valence-corrected chi connectivity index (χ3v) is 3.34. The van der Waals surface area contributed by atoms with Gasteiger partial charge in [0, 0.05) is 17.8 Å². The Morgan fingerprint density at radius 1 is 1.14 bits per heavy atom. The van der Waals surface area contributed by atoms with Gasteiger partial charge in [0.05, 0.1) is 6.42 Å². The molecular weight excluding hydrogens is 278 g/mol. The highest BCUT2D eigenvalue weighted by Crippen LogP contribution is 2.14. The average molecular weight is 303 g/mol. The number of carbonyl (C=O) groups is 2. The maximum atomic E-state index is 11.9. The number of nitrogens with zero attached hydrogens (tertiary/aromatic N) is 1. The van der Waals surface area contributed by atoms with Gasteiger partial charge in [-0.2, -0.15) is 5.10 Å². The molecule has 5 heteroatoms. The Morgan fingerprint density at radius 2 is 1.86 bits per heavy atom. The molecule has 0 radical (unpaired) electrons. The molecule has 120 valence electrons. The monoisotopic (exact) mass is 303 g/mol. The Kier molecular flexibility index (Phi) is 7.29. The van der Waals surface area contributed by atoms with Crippen LogP contribution in [0.3, 0.4) is 0 Å². The van der Waals surface area contributed by atoms with Crippen molar-refractivity contribution in [1.29, 1.82) is 0 Å². The molecule has 0 aromatic heterocycles. The lowest BCUT2D eigenvalue weighted by atomic mass is 10.1. The van der Waals surface area contributed by atoms with Gasteiger partial charge in [0.2, 0.25) is 11.8 Å². The zero-order valence-electron chi connectivity index (χ0n) is 13.8. The lowest BCUT2D eigenvalue weighted by Gasteiger charge is -2.07. The van der Waals surface area contributed by atoms with E-state index < -0.39 is 0 Å². The van der Waals surface area contributed by atoms with Gasteiger partial charge in [-0.15, -0.1) is 0 Å². The van der Waals surface area contributed by atoms with Crippen LogP contribution in [0.4, 0.5) is 5.69 Å². The first-order valence-corrected chi connectivity index (χ1v) is 7.61. The van der Waals surface area contributed by atoms with E-state index in [1.807, 2.05) is 39.0 Å². The Balaban J connectivity index is 2.46. The zero-order chi connectivity index (χ0) is 16.5. The minimum absolute atomic E-state index is 0.115. The minimum atomic E-state index is -0.146. The molecule has 1 aromatic rings. The molecule has 0 unspecified atom stereocenters. The molecule has 0 heterocycles. The fraction of sp³-hybridized carbons (Fsp3) is 0.471. The Morgan fingerprint density at radius 3 is 2.50 bits per heavy atom. The van der Waals surface area contributed by atoms with Gasteiger partial charge in [0.25, 0.3) is 0 Å². The van der Waals surface area contributed by atoms with Crippen molar-refractivity contribution in [3.05, 3.63) is 29.3 Å². The molecule has 0 aliphatic carbocycles. The van der Waals surface area contributed by atoms with Gasteiger partial charge in [-0.05, 0) is 50.5 Å². The van der Waals surface area contributed by atoms with Gasteiger partial charge in [0.15, 0.2) is 0 Å². The number of anilines is 1. The van der Waals surface area contributed by atoms with E-state index in [-0.39, 0.29) is 18.2 Å². The van der Waals surface area contributed by atoms with E-state index in [9.17, 15) is 9.59 Å². The SMILES string of the molecule is CCCCC(=O)NN=C(C)CC(=O)Nc1ccc(C)c(C)c1. The van der Waals surface area contributed by atoms with Crippen molar-refractivity contribution in [3.8, 4) is 0 Å². The summed E-state index contributed by atoms with van der Waals surface area (Å²) in [6, 6.07) is 5.78. The molecule has 22 heavy (non-hydrogen) atoms. The number of hydrogen-bond acceptors (Lipinski definition) is 3. The quantitative estimate of drug-likeness (QED) is 0.599. The van der Waals surface area contributed by atoms with Crippen LogP contribution in [0.1, 0.15) is 50.7 Å². The standard InChI is InChI=1S/C17H25N3O2/c1-5-6-7-16(21)20-19-14(4)11-17(22)18-15-9-8-12(2)13(3)10-15/h8-10H,5-7,11H2,1-4H3,(H,18,22)(H,20,21). The van der Waals surface area contributed by atoms with Crippen molar-refractivity contribution in [3.63, 3.8) is 0 Å². The van der Waals surface area contributed by atoms with Crippen LogP contribution in [0.2, 0.25) is 0 Å². The third-order valence-electron chi connectivity index (χ3n) is 3.34. The molecule has 0 aliphatic rings. The number of carbonyl (C=O) groups excluding carboxylic acids is 2. The highest BCUT2D eigenvalue weighted by Gasteiger charge is 2.06. The third kappa shape index (κ3) is 6.52. The second-order valence-electron chi connectivity index (χ2n) is 5.51. The second kappa shape index (κ2) is 8.97. The Hall–Kier alpha value is -2.17.